The van der Waals surface area contributed by atoms with Gasteiger partial charge in [-0.15, -0.1) is 0 Å². The highest BCUT2D eigenvalue weighted by atomic mass is 79.9. The summed E-state index contributed by atoms with van der Waals surface area (Å²) in [4.78, 5) is 11.9. The van der Waals surface area contributed by atoms with Crippen molar-refractivity contribution in [3.8, 4) is 5.75 Å². The summed E-state index contributed by atoms with van der Waals surface area (Å²) in [7, 11) is 0. The lowest BCUT2D eigenvalue weighted by Gasteiger charge is -2.15. The predicted molar refractivity (Wildman–Crippen MR) is 82.9 cm³/mol. The summed E-state index contributed by atoms with van der Waals surface area (Å²) in [6.45, 7) is 1.72. The SMILES string of the molecule is C[C@@H](Oc1ccc(Br)cc1)C(=O)NN=C1CCCCC1. The molecule has 1 aromatic carbocycles. The first kappa shape index (κ1) is 15.0. The highest BCUT2D eigenvalue weighted by Crippen LogP contribution is 2.17. The molecule has 1 amide bonds. The number of halogens is 1. The van der Waals surface area contributed by atoms with Crippen molar-refractivity contribution in [3.05, 3.63) is 28.7 Å². The molecule has 0 aliphatic heterocycles. The average Bonchev–Trinajstić information content (AvgIpc) is 2.48. The summed E-state index contributed by atoms with van der Waals surface area (Å²) in [5.74, 6) is 0.451. The Balaban J connectivity index is 1.83. The van der Waals surface area contributed by atoms with Crippen LogP contribution in [0.25, 0.3) is 0 Å². The van der Waals surface area contributed by atoms with E-state index in [4.69, 9.17) is 4.74 Å². The molecule has 0 saturated heterocycles. The third-order valence-corrected chi connectivity index (χ3v) is 3.78. The van der Waals surface area contributed by atoms with Crippen LogP contribution in [0.15, 0.2) is 33.8 Å². The van der Waals surface area contributed by atoms with Crippen LogP contribution in [0.5, 0.6) is 5.75 Å². The van der Waals surface area contributed by atoms with Gasteiger partial charge in [0, 0.05) is 10.2 Å². The van der Waals surface area contributed by atoms with E-state index in [0.29, 0.717) is 5.75 Å². The molecule has 0 radical (unpaired) electrons. The number of nitrogens with one attached hydrogen (secondary N) is 1. The van der Waals surface area contributed by atoms with Gasteiger partial charge < -0.3 is 4.74 Å². The molecule has 4 nitrogen and oxygen atoms in total. The number of hydrogen-bond acceptors (Lipinski definition) is 3. The van der Waals surface area contributed by atoms with Crippen LogP contribution in [-0.4, -0.2) is 17.7 Å². The third-order valence-electron chi connectivity index (χ3n) is 3.25. The van der Waals surface area contributed by atoms with E-state index in [1.807, 2.05) is 24.3 Å². The van der Waals surface area contributed by atoms with E-state index in [9.17, 15) is 4.79 Å². The molecule has 1 aromatic rings. The molecule has 1 N–H and O–H groups in total. The fourth-order valence-electron chi connectivity index (χ4n) is 2.07. The minimum atomic E-state index is -0.566. The highest BCUT2D eigenvalue weighted by Gasteiger charge is 2.15. The van der Waals surface area contributed by atoms with Gasteiger partial charge in [0.25, 0.3) is 5.91 Å². The maximum absolute atomic E-state index is 11.9. The molecular formula is C15H19BrN2O2. The maximum atomic E-state index is 11.9. The number of hydrogen-bond donors (Lipinski definition) is 1. The van der Waals surface area contributed by atoms with Gasteiger partial charge in [-0.05, 0) is 56.9 Å². The van der Waals surface area contributed by atoms with E-state index in [0.717, 1.165) is 23.0 Å². The number of benzene rings is 1. The van der Waals surface area contributed by atoms with Gasteiger partial charge in [0.1, 0.15) is 5.75 Å². The number of carbonyl (C=O) groups excluding carboxylic acids is 1. The highest BCUT2D eigenvalue weighted by molar-refractivity contribution is 9.10. The Morgan fingerprint density at radius 2 is 1.90 bits per heavy atom. The molecule has 1 atom stereocenters. The quantitative estimate of drug-likeness (QED) is 0.852. The van der Waals surface area contributed by atoms with Crippen molar-refractivity contribution in [3.63, 3.8) is 0 Å². The minimum Gasteiger partial charge on any atom is -0.481 e. The number of rotatable bonds is 4. The third kappa shape index (κ3) is 4.63. The van der Waals surface area contributed by atoms with Gasteiger partial charge in [-0.3, -0.25) is 4.79 Å². The van der Waals surface area contributed by atoms with Crippen molar-refractivity contribution >= 4 is 27.5 Å². The molecule has 108 valence electrons. The van der Waals surface area contributed by atoms with E-state index in [2.05, 4.69) is 26.5 Å². The van der Waals surface area contributed by atoms with Crippen LogP contribution >= 0.6 is 15.9 Å². The van der Waals surface area contributed by atoms with E-state index >= 15 is 0 Å². The van der Waals surface area contributed by atoms with Crippen LogP contribution in [0.1, 0.15) is 39.0 Å². The first-order valence-corrected chi connectivity index (χ1v) is 7.72. The van der Waals surface area contributed by atoms with Gasteiger partial charge in [0.05, 0.1) is 0 Å². The molecule has 1 aliphatic rings. The summed E-state index contributed by atoms with van der Waals surface area (Å²) in [6, 6.07) is 7.40. The first-order chi connectivity index (χ1) is 9.65. The smallest absolute Gasteiger partial charge is 0.280 e. The molecule has 0 bridgehead atoms. The number of amides is 1. The van der Waals surface area contributed by atoms with Crippen molar-refractivity contribution in [1.29, 1.82) is 0 Å². The molecule has 20 heavy (non-hydrogen) atoms. The topological polar surface area (TPSA) is 50.7 Å². The Bertz CT molecular complexity index is 477. The maximum Gasteiger partial charge on any atom is 0.280 e. The van der Waals surface area contributed by atoms with Crippen molar-refractivity contribution in [2.24, 2.45) is 5.10 Å². The summed E-state index contributed by atoms with van der Waals surface area (Å²) >= 11 is 3.36. The monoisotopic (exact) mass is 338 g/mol. The van der Waals surface area contributed by atoms with Crippen LogP contribution in [-0.2, 0) is 4.79 Å². The molecule has 1 saturated carbocycles. The fraction of sp³-hybridized carbons (Fsp3) is 0.467. The summed E-state index contributed by atoms with van der Waals surface area (Å²) in [5.41, 5.74) is 3.68. The molecule has 5 heteroatoms. The van der Waals surface area contributed by atoms with Crippen LogP contribution < -0.4 is 10.2 Å². The van der Waals surface area contributed by atoms with Gasteiger partial charge in [-0.1, -0.05) is 22.4 Å². The number of ether oxygens (including phenoxy) is 1. The summed E-state index contributed by atoms with van der Waals surface area (Å²) in [5, 5.41) is 4.19. The number of carbonyl (C=O) groups is 1. The Kier molecular flexibility index (Phi) is 5.59. The molecule has 2 rings (SSSR count). The lowest BCUT2D eigenvalue weighted by atomic mass is 9.99. The van der Waals surface area contributed by atoms with E-state index in [1.54, 1.807) is 6.92 Å². The van der Waals surface area contributed by atoms with Crippen LogP contribution in [0.2, 0.25) is 0 Å². The fourth-order valence-corrected chi connectivity index (χ4v) is 2.33. The Hall–Kier alpha value is -1.36. The molecular weight excluding hydrogens is 320 g/mol. The lowest BCUT2D eigenvalue weighted by molar-refractivity contribution is -0.127. The van der Waals surface area contributed by atoms with Gasteiger partial charge >= 0.3 is 0 Å². The number of nitrogens with zero attached hydrogens (tertiary/aromatic N) is 1. The first-order valence-electron chi connectivity index (χ1n) is 6.92. The van der Waals surface area contributed by atoms with E-state index in [1.165, 1.54) is 19.3 Å². The molecule has 0 heterocycles. The van der Waals surface area contributed by atoms with Gasteiger partial charge in [0.15, 0.2) is 6.10 Å². The van der Waals surface area contributed by atoms with E-state index < -0.39 is 6.10 Å². The normalized spacial score (nSPS) is 16.4. The van der Waals surface area contributed by atoms with Crippen molar-refractivity contribution in [2.45, 2.75) is 45.1 Å². The van der Waals surface area contributed by atoms with Crippen molar-refractivity contribution in [2.75, 3.05) is 0 Å². The van der Waals surface area contributed by atoms with Gasteiger partial charge in [-0.2, -0.15) is 5.10 Å². The molecule has 1 fully saturated rings. The summed E-state index contributed by atoms with van der Waals surface area (Å²) in [6.07, 6.45) is 5.00. The van der Waals surface area contributed by atoms with Crippen LogP contribution in [0.3, 0.4) is 0 Å². The average molecular weight is 339 g/mol. The zero-order chi connectivity index (χ0) is 14.4. The van der Waals surface area contributed by atoms with Gasteiger partial charge in [0.2, 0.25) is 0 Å². The van der Waals surface area contributed by atoms with E-state index in [-0.39, 0.29) is 5.91 Å². The largest absolute Gasteiger partial charge is 0.481 e. The van der Waals surface area contributed by atoms with Crippen LogP contribution in [0.4, 0.5) is 0 Å². The zero-order valence-electron chi connectivity index (χ0n) is 11.6. The predicted octanol–water partition coefficient (Wildman–Crippen LogP) is 3.65. The number of hydrazone groups is 1. The van der Waals surface area contributed by atoms with Gasteiger partial charge in [-0.25, -0.2) is 5.43 Å². The second kappa shape index (κ2) is 7.43. The van der Waals surface area contributed by atoms with Crippen LogP contribution in [0, 0.1) is 0 Å². The summed E-state index contributed by atoms with van der Waals surface area (Å²) < 4.78 is 6.55. The van der Waals surface area contributed by atoms with Crippen molar-refractivity contribution in [1.82, 2.24) is 5.43 Å². The lowest BCUT2D eigenvalue weighted by Crippen LogP contribution is -2.34. The standard InChI is InChI=1S/C15H19BrN2O2/c1-11(20-14-9-7-12(16)8-10-14)15(19)18-17-13-5-3-2-4-6-13/h7-11H,2-6H2,1H3,(H,18,19)/t11-/m1/s1. The zero-order valence-corrected chi connectivity index (χ0v) is 13.1. The molecule has 0 aromatic heterocycles. The Labute approximate surface area is 127 Å². The minimum absolute atomic E-state index is 0.217. The Morgan fingerprint density at radius 1 is 1.25 bits per heavy atom. The molecule has 1 aliphatic carbocycles. The molecule has 0 unspecified atom stereocenters. The van der Waals surface area contributed by atoms with Crippen molar-refractivity contribution < 1.29 is 9.53 Å². The molecule has 0 spiro atoms. The second-order valence-corrected chi connectivity index (χ2v) is 5.84. The Morgan fingerprint density at radius 3 is 2.55 bits per heavy atom. The second-order valence-electron chi connectivity index (χ2n) is 4.93.